The Balaban J connectivity index is 1.76. The Hall–Kier alpha value is -2.13. The van der Waals surface area contributed by atoms with Gasteiger partial charge in [-0.1, -0.05) is 48.0 Å². The number of para-hydroxylation sites is 1. The number of unbranched alkanes of at least 4 members (excludes halogenated alkanes) is 1. The molecule has 2 rings (SSSR count). The highest BCUT2D eigenvalue weighted by atomic mass is 16.3. The van der Waals surface area contributed by atoms with Crippen molar-refractivity contribution in [2.75, 3.05) is 5.32 Å². The average Bonchev–Trinajstić information content (AvgIpc) is 2.53. The molecule has 0 aromatic heterocycles. The van der Waals surface area contributed by atoms with Crippen LogP contribution in [0.1, 0.15) is 49.0 Å². The molecule has 122 valence electrons. The molecule has 2 aromatic carbocycles. The Morgan fingerprint density at radius 1 is 1.09 bits per heavy atom. The first-order chi connectivity index (χ1) is 11.1. The van der Waals surface area contributed by atoms with E-state index in [-0.39, 0.29) is 5.91 Å². The summed E-state index contributed by atoms with van der Waals surface area (Å²) in [6, 6.07) is 15.9. The number of hydrogen-bond acceptors (Lipinski definition) is 2. The number of hydrogen-bond donors (Lipinski definition) is 2. The fourth-order valence-electron chi connectivity index (χ4n) is 2.56. The van der Waals surface area contributed by atoms with Gasteiger partial charge in [-0.3, -0.25) is 4.79 Å². The minimum Gasteiger partial charge on any atom is -0.389 e. The highest BCUT2D eigenvalue weighted by Crippen LogP contribution is 2.22. The lowest BCUT2D eigenvalue weighted by molar-refractivity contribution is -0.116. The zero-order valence-corrected chi connectivity index (χ0v) is 13.9. The van der Waals surface area contributed by atoms with Gasteiger partial charge in [0.1, 0.15) is 0 Å². The molecule has 0 spiro atoms. The summed E-state index contributed by atoms with van der Waals surface area (Å²) in [6.07, 6.45) is 2.76. The minimum atomic E-state index is -0.590. The zero-order valence-electron chi connectivity index (χ0n) is 13.9. The van der Waals surface area contributed by atoms with Crippen molar-refractivity contribution >= 4 is 11.6 Å². The van der Waals surface area contributed by atoms with E-state index in [0.29, 0.717) is 12.1 Å². The van der Waals surface area contributed by atoms with E-state index in [2.05, 4.69) is 36.5 Å². The zero-order chi connectivity index (χ0) is 16.7. The predicted octanol–water partition coefficient (Wildman–Crippen LogP) is 4.40. The molecule has 0 heterocycles. The molecule has 3 nitrogen and oxygen atoms in total. The van der Waals surface area contributed by atoms with E-state index < -0.39 is 6.10 Å². The van der Waals surface area contributed by atoms with Crippen molar-refractivity contribution in [3.05, 3.63) is 65.2 Å². The Morgan fingerprint density at radius 2 is 1.78 bits per heavy atom. The van der Waals surface area contributed by atoms with Gasteiger partial charge >= 0.3 is 0 Å². The van der Waals surface area contributed by atoms with Crippen LogP contribution in [0, 0.1) is 6.92 Å². The molecule has 1 unspecified atom stereocenters. The molecule has 3 heteroatoms. The number of aliphatic hydroxyl groups excluding tert-OH is 1. The van der Waals surface area contributed by atoms with Crippen molar-refractivity contribution in [3.8, 4) is 0 Å². The SMILES string of the molecule is Cc1ccc(CCCCC(=O)Nc2ccccc2C(C)O)cc1. The van der Waals surface area contributed by atoms with Crippen LogP contribution in [0.25, 0.3) is 0 Å². The molecule has 2 N–H and O–H groups in total. The van der Waals surface area contributed by atoms with E-state index in [0.717, 1.165) is 24.8 Å². The number of carbonyl (C=O) groups is 1. The second kappa shape index (κ2) is 8.49. The van der Waals surface area contributed by atoms with Crippen LogP contribution in [0.5, 0.6) is 0 Å². The van der Waals surface area contributed by atoms with Gasteiger partial charge < -0.3 is 10.4 Å². The number of anilines is 1. The van der Waals surface area contributed by atoms with E-state index >= 15 is 0 Å². The molecule has 0 fully saturated rings. The van der Waals surface area contributed by atoms with Crippen LogP contribution < -0.4 is 5.32 Å². The summed E-state index contributed by atoms with van der Waals surface area (Å²) < 4.78 is 0. The summed E-state index contributed by atoms with van der Waals surface area (Å²) in [5, 5.41) is 12.6. The van der Waals surface area contributed by atoms with E-state index in [1.807, 2.05) is 24.3 Å². The van der Waals surface area contributed by atoms with Gasteiger partial charge in [-0.05, 0) is 44.7 Å². The molecule has 23 heavy (non-hydrogen) atoms. The first-order valence-electron chi connectivity index (χ1n) is 8.18. The maximum atomic E-state index is 12.1. The number of aryl methyl sites for hydroxylation is 2. The van der Waals surface area contributed by atoms with Crippen LogP contribution >= 0.6 is 0 Å². The summed E-state index contributed by atoms with van der Waals surface area (Å²) >= 11 is 0. The van der Waals surface area contributed by atoms with Crippen LogP contribution in [0.3, 0.4) is 0 Å². The first kappa shape index (κ1) is 17.2. The van der Waals surface area contributed by atoms with Gasteiger partial charge in [0, 0.05) is 17.7 Å². The van der Waals surface area contributed by atoms with Gasteiger partial charge in [0.2, 0.25) is 5.91 Å². The predicted molar refractivity (Wildman–Crippen MR) is 94.4 cm³/mol. The molecule has 0 saturated carbocycles. The van der Waals surface area contributed by atoms with Crippen LogP contribution in [0.15, 0.2) is 48.5 Å². The third-order valence-electron chi connectivity index (χ3n) is 3.92. The third kappa shape index (κ3) is 5.53. The summed E-state index contributed by atoms with van der Waals surface area (Å²) in [4.78, 5) is 12.1. The largest absolute Gasteiger partial charge is 0.389 e. The molecule has 0 bridgehead atoms. The quantitative estimate of drug-likeness (QED) is 0.745. The Morgan fingerprint density at radius 3 is 2.48 bits per heavy atom. The summed E-state index contributed by atoms with van der Waals surface area (Å²) in [6.45, 7) is 3.78. The smallest absolute Gasteiger partial charge is 0.224 e. The Kier molecular flexibility index (Phi) is 6.36. The molecule has 1 atom stereocenters. The van der Waals surface area contributed by atoms with Gasteiger partial charge in [-0.15, -0.1) is 0 Å². The highest BCUT2D eigenvalue weighted by Gasteiger charge is 2.09. The second-order valence-electron chi connectivity index (χ2n) is 6.00. The van der Waals surface area contributed by atoms with Crippen molar-refractivity contribution in [1.82, 2.24) is 0 Å². The summed E-state index contributed by atoms with van der Waals surface area (Å²) in [5.74, 6) is 0.00186. The third-order valence-corrected chi connectivity index (χ3v) is 3.92. The van der Waals surface area contributed by atoms with Crippen LogP contribution in [-0.2, 0) is 11.2 Å². The number of benzene rings is 2. The first-order valence-corrected chi connectivity index (χ1v) is 8.18. The van der Waals surface area contributed by atoms with Crippen LogP contribution in [0.4, 0.5) is 5.69 Å². The lowest BCUT2D eigenvalue weighted by Gasteiger charge is -2.13. The lowest BCUT2D eigenvalue weighted by Crippen LogP contribution is -2.13. The van der Waals surface area contributed by atoms with Crippen molar-refractivity contribution in [1.29, 1.82) is 0 Å². The summed E-state index contributed by atoms with van der Waals surface area (Å²) in [7, 11) is 0. The molecule has 0 aliphatic carbocycles. The minimum absolute atomic E-state index is 0.00186. The van der Waals surface area contributed by atoms with Crippen LogP contribution in [0.2, 0.25) is 0 Å². The summed E-state index contributed by atoms with van der Waals surface area (Å²) in [5.41, 5.74) is 4.03. The molecular formula is C20H25NO2. The van der Waals surface area contributed by atoms with Crippen LogP contribution in [-0.4, -0.2) is 11.0 Å². The molecule has 0 aliphatic heterocycles. The fourth-order valence-corrected chi connectivity index (χ4v) is 2.56. The molecular weight excluding hydrogens is 286 g/mol. The van der Waals surface area contributed by atoms with E-state index in [1.165, 1.54) is 11.1 Å². The average molecular weight is 311 g/mol. The van der Waals surface area contributed by atoms with Gasteiger partial charge in [0.05, 0.1) is 6.10 Å². The lowest BCUT2D eigenvalue weighted by atomic mass is 10.1. The highest BCUT2D eigenvalue weighted by molar-refractivity contribution is 5.91. The van der Waals surface area contributed by atoms with Crippen molar-refractivity contribution < 1.29 is 9.90 Å². The number of nitrogens with one attached hydrogen (secondary N) is 1. The Bertz CT molecular complexity index is 632. The number of carbonyl (C=O) groups excluding carboxylic acids is 1. The molecule has 0 radical (unpaired) electrons. The standard InChI is InChI=1S/C20H25NO2/c1-15-11-13-17(14-12-15)7-3-6-10-20(23)21-19-9-5-4-8-18(19)16(2)22/h4-5,8-9,11-14,16,22H,3,6-7,10H2,1-2H3,(H,21,23). The normalized spacial score (nSPS) is 12.0. The number of rotatable bonds is 7. The van der Waals surface area contributed by atoms with E-state index in [1.54, 1.807) is 6.92 Å². The fraction of sp³-hybridized carbons (Fsp3) is 0.350. The van der Waals surface area contributed by atoms with E-state index in [9.17, 15) is 9.90 Å². The number of amides is 1. The molecule has 1 amide bonds. The molecule has 0 saturated heterocycles. The van der Waals surface area contributed by atoms with Gasteiger partial charge in [0.15, 0.2) is 0 Å². The maximum Gasteiger partial charge on any atom is 0.224 e. The van der Waals surface area contributed by atoms with E-state index in [4.69, 9.17) is 0 Å². The van der Waals surface area contributed by atoms with Gasteiger partial charge in [0.25, 0.3) is 0 Å². The topological polar surface area (TPSA) is 49.3 Å². The Labute approximate surface area is 138 Å². The molecule has 2 aromatic rings. The monoisotopic (exact) mass is 311 g/mol. The van der Waals surface area contributed by atoms with Gasteiger partial charge in [-0.2, -0.15) is 0 Å². The molecule has 0 aliphatic rings. The maximum absolute atomic E-state index is 12.1. The van der Waals surface area contributed by atoms with Crippen molar-refractivity contribution in [3.63, 3.8) is 0 Å². The van der Waals surface area contributed by atoms with Crippen molar-refractivity contribution in [2.24, 2.45) is 0 Å². The van der Waals surface area contributed by atoms with Gasteiger partial charge in [-0.25, -0.2) is 0 Å². The number of aliphatic hydroxyl groups is 1. The second-order valence-corrected chi connectivity index (χ2v) is 6.00. The van der Waals surface area contributed by atoms with Crippen molar-refractivity contribution in [2.45, 2.75) is 45.6 Å².